The van der Waals surface area contributed by atoms with Crippen molar-refractivity contribution in [2.24, 2.45) is 0 Å². The van der Waals surface area contributed by atoms with Crippen molar-refractivity contribution >= 4 is 43.9 Å². The third kappa shape index (κ3) is 5.18. The van der Waals surface area contributed by atoms with Crippen LogP contribution in [0.1, 0.15) is 27.0 Å². The third-order valence-electron chi connectivity index (χ3n) is 7.41. The fourth-order valence-electron chi connectivity index (χ4n) is 5.17. The number of nitrogens with one attached hydrogen (secondary N) is 2. The molecule has 11 heteroatoms. The molecule has 0 saturated carbocycles. The number of ether oxygens (including phenoxy) is 2. The van der Waals surface area contributed by atoms with Gasteiger partial charge < -0.3 is 19.4 Å². The first kappa shape index (κ1) is 27.4. The molecule has 44 heavy (non-hydrogen) atoms. The van der Waals surface area contributed by atoms with Gasteiger partial charge in [-0.2, -0.15) is 0 Å². The first-order valence-corrected chi connectivity index (χ1v) is 15.4. The van der Waals surface area contributed by atoms with Gasteiger partial charge in [-0.1, -0.05) is 66.2 Å². The van der Waals surface area contributed by atoms with E-state index in [1.54, 1.807) is 28.8 Å². The first-order valence-electron chi connectivity index (χ1n) is 13.9. The van der Waals surface area contributed by atoms with E-state index in [-0.39, 0.29) is 41.7 Å². The lowest BCUT2D eigenvalue weighted by Crippen LogP contribution is -2.25. The third-order valence-corrected chi connectivity index (χ3v) is 8.77. The van der Waals surface area contributed by atoms with E-state index in [1.165, 1.54) is 12.1 Å². The van der Waals surface area contributed by atoms with Gasteiger partial charge >= 0.3 is 0 Å². The second-order valence-electron chi connectivity index (χ2n) is 10.5. The Balaban J connectivity index is 1.42. The summed E-state index contributed by atoms with van der Waals surface area (Å²) in [5, 5.41) is 2.95. The number of sulfonamides is 1. The Labute approximate surface area is 253 Å². The molecule has 3 heterocycles. The fraction of sp³-hybridized carbons (Fsp3) is 0.121. The molecule has 0 unspecified atom stereocenters. The second-order valence-corrected chi connectivity index (χ2v) is 12.2. The topological polar surface area (TPSA) is 124 Å². The number of hydrogen-bond acceptors (Lipinski definition) is 7. The predicted molar refractivity (Wildman–Crippen MR) is 166 cm³/mol. The molecule has 0 atom stereocenters. The number of fused-ring (bicyclic) bond motifs is 3. The lowest BCUT2D eigenvalue weighted by molar-refractivity contribution is 0.0953. The molecule has 6 aromatic rings. The van der Waals surface area contributed by atoms with Crippen LogP contribution in [0.3, 0.4) is 0 Å². The summed E-state index contributed by atoms with van der Waals surface area (Å²) in [6, 6.07) is 28.8. The summed E-state index contributed by atoms with van der Waals surface area (Å²) in [5.41, 5.74) is 4.48. The number of carbonyl (C=O) groups is 1. The van der Waals surface area contributed by atoms with E-state index in [1.807, 2.05) is 67.6 Å². The molecule has 0 aliphatic carbocycles. The summed E-state index contributed by atoms with van der Waals surface area (Å²) < 4.78 is 43.1. The van der Waals surface area contributed by atoms with Crippen molar-refractivity contribution in [3.8, 4) is 11.5 Å². The molecule has 0 spiro atoms. The molecule has 1 amide bonds. The summed E-state index contributed by atoms with van der Waals surface area (Å²) >= 11 is 0. The van der Waals surface area contributed by atoms with Crippen molar-refractivity contribution in [1.82, 2.24) is 19.9 Å². The molecule has 1 aliphatic heterocycles. The SMILES string of the molecule is Cc1ccc(S(=O)(=O)Nc2c(C(=O)NCc3ccccc3)c3nc4ccccc4nc3n2Cc2ccc3c(c2)OCO3)cc1. The number of hydrogen-bond donors (Lipinski definition) is 2. The maximum absolute atomic E-state index is 14.0. The number of amides is 1. The number of rotatable bonds is 8. The molecule has 2 aromatic heterocycles. The Kier molecular flexibility index (Phi) is 6.86. The van der Waals surface area contributed by atoms with E-state index in [0.29, 0.717) is 28.2 Å². The van der Waals surface area contributed by atoms with Crippen molar-refractivity contribution in [1.29, 1.82) is 0 Å². The lowest BCUT2D eigenvalue weighted by Gasteiger charge is -2.15. The van der Waals surface area contributed by atoms with Crippen LogP contribution in [0.4, 0.5) is 5.82 Å². The van der Waals surface area contributed by atoms with Gasteiger partial charge in [0, 0.05) is 6.54 Å². The van der Waals surface area contributed by atoms with Crippen LogP contribution in [0.15, 0.2) is 102 Å². The number of anilines is 1. The summed E-state index contributed by atoms with van der Waals surface area (Å²) in [6.07, 6.45) is 0. The van der Waals surface area contributed by atoms with E-state index in [2.05, 4.69) is 10.0 Å². The van der Waals surface area contributed by atoms with Gasteiger partial charge in [-0.25, -0.2) is 18.4 Å². The minimum atomic E-state index is -4.12. The number of carbonyl (C=O) groups excluding carboxylic acids is 1. The molecule has 0 radical (unpaired) electrons. The van der Waals surface area contributed by atoms with Crippen LogP contribution in [0.2, 0.25) is 0 Å². The molecular formula is C33H27N5O5S. The molecular weight excluding hydrogens is 578 g/mol. The molecule has 4 aromatic carbocycles. The maximum atomic E-state index is 14.0. The van der Waals surface area contributed by atoms with Gasteiger partial charge in [0.1, 0.15) is 16.9 Å². The molecule has 2 N–H and O–H groups in total. The van der Waals surface area contributed by atoms with Crippen molar-refractivity contribution in [3.05, 3.63) is 119 Å². The summed E-state index contributed by atoms with van der Waals surface area (Å²) in [6.45, 7) is 2.40. The highest BCUT2D eigenvalue weighted by Gasteiger charge is 2.29. The Morgan fingerprint density at radius 3 is 2.32 bits per heavy atom. The normalized spacial score (nSPS) is 12.5. The standard InChI is InChI=1S/C33H27N5O5S/c1-21-11-14-24(15-12-21)44(40,41)37-31-29(33(39)34-18-22-7-3-2-4-8-22)30-32(36-26-10-6-5-9-25(26)35-30)38(31)19-23-13-16-27-28(17-23)43-20-42-27/h2-17,37H,18-20H2,1H3,(H,34,39). The number of benzene rings is 4. The van der Waals surface area contributed by atoms with Crippen LogP contribution in [0.25, 0.3) is 22.2 Å². The number of nitrogens with zero attached hydrogens (tertiary/aromatic N) is 3. The average molecular weight is 606 g/mol. The van der Waals surface area contributed by atoms with Gasteiger partial charge in [0.2, 0.25) is 6.79 Å². The molecule has 0 bridgehead atoms. The van der Waals surface area contributed by atoms with Crippen LogP contribution in [0.5, 0.6) is 11.5 Å². The van der Waals surface area contributed by atoms with E-state index in [4.69, 9.17) is 19.4 Å². The van der Waals surface area contributed by atoms with E-state index < -0.39 is 15.9 Å². The van der Waals surface area contributed by atoms with Crippen molar-refractivity contribution in [2.45, 2.75) is 24.9 Å². The van der Waals surface area contributed by atoms with Crippen LogP contribution < -0.4 is 19.5 Å². The molecule has 10 nitrogen and oxygen atoms in total. The Morgan fingerprint density at radius 1 is 0.841 bits per heavy atom. The van der Waals surface area contributed by atoms with Gasteiger partial charge in [-0.15, -0.1) is 0 Å². The Morgan fingerprint density at radius 2 is 1.55 bits per heavy atom. The van der Waals surface area contributed by atoms with Gasteiger partial charge in [0.15, 0.2) is 17.1 Å². The number of aromatic nitrogens is 3. The zero-order valence-electron chi connectivity index (χ0n) is 23.7. The van der Waals surface area contributed by atoms with Gasteiger partial charge in [-0.3, -0.25) is 9.52 Å². The predicted octanol–water partition coefficient (Wildman–Crippen LogP) is 5.40. The zero-order valence-corrected chi connectivity index (χ0v) is 24.5. The second kappa shape index (κ2) is 11.0. The molecule has 0 saturated heterocycles. The maximum Gasteiger partial charge on any atom is 0.263 e. The number of aryl methyl sites for hydroxylation is 1. The monoisotopic (exact) mass is 605 g/mol. The summed E-state index contributed by atoms with van der Waals surface area (Å²) in [7, 11) is -4.12. The minimum Gasteiger partial charge on any atom is -0.454 e. The highest BCUT2D eigenvalue weighted by Crippen LogP contribution is 2.36. The Bertz CT molecular complexity index is 2150. The largest absolute Gasteiger partial charge is 0.454 e. The van der Waals surface area contributed by atoms with Gasteiger partial charge in [0.05, 0.1) is 22.5 Å². The summed E-state index contributed by atoms with van der Waals surface area (Å²) in [5.74, 6) is 0.768. The van der Waals surface area contributed by atoms with Crippen LogP contribution in [-0.2, 0) is 23.1 Å². The van der Waals surface area contributed by atoms with Crippen LogP contribution >= 0.6 is 0 Å². The van der Waals surface area contributed by atoms with E-state index in [0.717, 1.165) is 16.7 Å². The van der Waals surface area contributed by atoms with Crippen molar-refractivity contribution < 1.29 is 22.7 Å². The summed E-state index contributed by atoms with van der Waals surface area (Å²) in [4.78, 5) is 23.8. The molecule has 7 rings (SSSR count). The van der Waals surface area contributed by atoms with Gasteiger partial charge in [-0.05, 0) is 54.4 Å². The quantitative estimate of drug-likeness (QED) is 0.238. The molecule has 0 fully saturated rings. The molecule has 1 aliphatic rings. The highest BCUT2D eigenvalue weighted by atomic mass is 32.2. The average Bonchev–Trinajstić information content (AvgIpc) is 3.61. The zero-order chi connectivity index (χ0) is 30.3. The molecule has 220 valence electrons. The number of para-hydroxylation sites is 2. The van der Waals surface area contributed by atoms with Crippen LogP contribution in [-0.4, -0.2) is 35.7 Å². The lowest BCUT2D eigenvalue weighted by atomic mass is 10.2. The van der Waals surface area contributed by atoms with Gasteiger partial charge in [0.25, 0.3) is 15.9 Å². The minimum absolute atomic E-state index is 0.0547. The van der Waals surface area contributed by atoms with Crippen molar-refractivity contribution in [2.75, 3.05) is 11.5 Å². The van der Waals surface area contributed by atoms with E-state index in [9.17, 15) is 13.2 Å². The Hall–Kier alpha value is -5.42. The highest BCUT2D eigenvalue weighted by molar-refractivity contribution is 7.92. The first-order chi connectivity index (χ1) is 21.4. The van der Waals surface area contributed by atoms with Crippen molar-refractivity contribution in [3.63, 3.8) is 0 Å². The smallest absolute Gasteiger partial charge is 0.263 e. The fourth-order valence-corrected chi connectivity index (χ4v) is 6.25. The van der Waals surface area contributed by atoms with Crippen LogP contribution in [0, 0.1) is 6.92 Å². The van der Waals surface area contributed by atoms with E-state index >= 15 is 0 Å².